The molecule has 1 aromatic rings. The summed E-state index contributed by atoms with van der Waals surface area (Å²) in [7, 11) is 0. The lowest BCUT2D eigenvalue weighted by Crippen LogP contribution is -2.16. The van der Waals surface area contributed by atoms with Crippen molar-refractivity contribution in [3.8, 4) is 0 Å². The number of carboxylic acid groups (broad SMARTS) is 1. The molecule has 0 aromatic heterocycles. The molecule has 0 aliphatic carbocycles. The molecule has 0 saturated heterocycles. The van der Waals surface area contributed by atoms with Gasteiger partial charge < -0.3 is 9.84 Å². The van der Waals surface area contributed by atoms with Gasteiger partial charge in [0.1, 0.15) is 6.61 Å². The molecule has 0 aliphatic heterocycles. The van der Waals surface area contributed by atoms with E-state index >= 15 is 0 Å². The first-order valence-electron chi connectivity index (χ1n) is 5.04. The number of aryl methyl sites for hydroxylation is 1. The Bertz CT molecular complexity index is 499. The molecule has 1 amide bonds. The van der Waals surface area contributed by atoms with E-state index in [4.69, 9.17) is 21.4 Å². The van der Waals surface area contributed by atoms with Crippen LogP contribution in [0.15, 0.2) is 24.8 Å². The largest absolute Gasteiger partial charge is 0.478 e. The smallest absolute Gasteiger partial charge is 0.412 e. The van der Waals surface area contributed by atoms with Gasteiger partial charge in [-0.25, -0.2) is 9.59 Å². The Morgan fingerprint density at radius 3 is 2.78 bits per heavy atom. The maximum Gasteiger partial charge on any atom is 0.412 e. The lowest BCUT2D eigenvalue weighted by molar-refractivity contribution is 0.0698. The molecule has 2 N–H and O–H groups in total. The molecule has 0 aliphatic rings. The molecule has 18 heavy (non-hydrogen) atoms. The van der Waals surface area contributed by atoms with Crippen LogP contribution in [0.5, 0.6) is 0 Å². The Labute approximate surface area is 109 Å². The molecule has 0 bridgehead atoms. The molecule has 0 radical (unpaired) electrons. The Morgan fingerprint density at radius 1 is 1.56 bits per heavy atom. The minimum Gasteiger partial charge on any atom is -0.478 e. The predicted molar refractivity (Wildman–Crippen MR) is 68.3 cm³/mol. The predicted octanol–water partition coefficient (Wildman–Crippen LogP) is 3.08. The first kappa shape index (κ1) is 14.1. The highest BCUT2D eigenvalue weighted by Gasteiger charge is 2.17. The molecule has 6 heteroatoms. The van der Waals surface area contributed by atoms with Gasteiger partial charge in [0.2, 0.25) is 0 Å². The summed E-state index contributed by atoms with van der Waals surface area (Å²) >= 11 is 5.97. The van der Waals surface area contributed by atoms with Crippen molar-refractivity contribution in [1.82, 2.24) is 0 Å². The number of ether oxygens (including phenoxy) is 1. The van der Waals surface area contributed by atoms with Gasteiger partial charge >= 0.3 is 12.1 Å². The van der Waals surface area contributed by atoms with Crippen LogP contribution in [0.3, 0.4) is 0 Å². The van der Waals surface area contributed by atoms with Crippen molar-refractivity contribution in [1.29, 1.82) is 0 Å². The Hall–Kier alpha value is -2.01. The Morgan fingerprint density at radius 2 is 2.22 bits per heavy atom. The second-order valence-electron chi connectivity index (χ2n) is 3.44. The first-order valence-corrected chi connectivity index (χ1v) is 5.42. The topological polar surface area (TPSA) is 75.6 Å². The highest BCUT2D eigenvalue weighted by molar-refractivity contribution is 6.35. The van der Waals surface area contributed by atoms with Gasteiger partial charge in [-0.1, -0.05) is 30.3 Å². The number of hydrogen-bond donors (Lipinski definition) is 2. The highest BCUT2D eigenvalue weighted by atomic mass is 35.5. The molecule has 0 unspecified atom stereocenters. The summed E-state index contributed by atoms with van der Waals surface area (Å²) < 4.78 is 4.71. The summed E-state index contributed by atoms with van der Waals surface area (Å²) in [6, 6.07) is 2.93. The van der Waals surface area contributed by atoms with Gasteiger partial charge in [0.05, 0.1) is 16.3 Å². The van der Waals surface area contributed by atoms with Crippen molar-refractivity contribution >= 4 is 29.4 Å². The number of rotatable bonds is 4. The molecule has 0 atom stereocenters. The zero-order valence-corrected chi connectivity index (χ0v) is 10.5. The van der Waals surface area contributed by atoms with E-state index in [1.807, 2.05) is 0 Å². The van der Waals surface area contributed by atoms with E-state index in [2.05, 4.69) is 11.9 Å². The number of amides is 1. The number of carbonyl (C=O) groups excluding carboxylic acids is 1. The zero-order valence-electron chi connectivity index (χ0n) is 9.70. The van der Waals surface area contributed by atoms with E-state index in [1.54, 1.807) is 13.0 Å². The number of carbonyl (C=O) groups is 2. The number of nitrogens with one attached hydrogen (secondary N) is 1. The van der Waals surface area contributed by atoms with Gasteiger partial charge in [-0.2, -0.15) is 0 Å². The standard InChI is InChI=1S/C12H12ClNO4/c1-3-6-18-12(17)14-10-8(11(15)16)5-4-7(2)9(10)13/h3-5H,1,6H2,2H3,(H,14,17)(H,15,16). The van der Waals surface area contributed by atoms with Crippen molar-refractivity contribution in [2.24, 2.45) is 0 Å². The van der Waals surface area contributed by atoms with E-state index in [9.17, 15) is 9.59 Å². The summed E-state index contributed by atoms with van der Waals surface area (Å²) in [5.74, 6) is -1.18. The summed E-state index contributed by atoms with van der Waals surface area (Å²) in [5, 5.41) is 11.5. The molecule has 0 heterocycles. The van der Waals surface area contributed by atoms with Crippen LogP contribution in [0.25, 0.3) is 0 Å². The van der Waals surface area contributed by atoms with E-state index in [1.165, 1.54) is 12.1 Å². The lowest BCUT2D eigenvalue weighted by Gasteiger charge is -2.11. The highest BCUT2D eigenvalue weighted by Crippen LogP contribution is 2.29. The van der Waals surface area contributed by atoms with E-state index in [-0.39, 0.29) is 22.9 Å². The number of halogens is 1. The number of hydrogen-bond acceptors (Lipinski definition) is 3. The van der Waals surface area contributed by atoms with Gasteiger partial charge in [0.25, 0.3) is 0 Å². The number of benzene rings is 1. The number of carboxylic acids is 1. The van der Waals surface area contributed by atoms with Crippen LogP contribution in [0.4, 0.5) is 10.5 Å². The van der Waals surface area contributed by atoms with Crippen molar-refractivity contribution in [3.05, 3.63) is 40.9 Å². The average Bonchev–Trinajstić information content (AvgIpc) is 2.32. The number of anilines is 1. The number of aromatic carboxylic acids is 1. The molecule has 1 aromatic carbocycles. The van der Waals surface area contributed by atoms with Crippen LogP contribution in [0, 0.1) is 6.92 Å². The third-order valence-corrected chi connectivity index (χ3v) is 2.61. The fourth-order valence-electron chi connectivity index (χ4n) is 1.25. The summed E-state index contributed by atoms with van der Waals surface area (Å²) in [4.78, 5) is 22.4. The second-order valence-corrected chi connectivity index (χ2v) is 3.81. The van der Waals surface area contributed by atoms with E-state index < -0.39 is 12.1 Å². The molecule has 0 saturated carbocycles. The summed E-state index contributed by atoms with van der Waals surface area (Å²) in [5.41, 5.74) is 0.583. The van der Waals surface area contributed by atoms with E-state index in [0.29, 0.717) is 5.56 Å². The van der Waals surface area contributed by atoms with Gasteiger partial charge in [-0.05, 0) is 18.6 Å². The van der Waals surface area contributed by atoms with Crippen LogP contribution in [0.1, 0.15) is 15.9 Å². The summed E-state index contributed by atoms with van der Waals surface area (Å²) in [6.45, 7) is 5.12. The van der Waals surface area contributed by atoms with Crippen LogP contribution in [0.2, 0.25) is 5.02 Å². The summed E-state index contributed by atoms with van der Waals surface area (Å²) in [6.07, 6.45) is 0.611. The molecule has 1 rings (SSSR count). The van der Waals surface area contributed by atoms with Gasteiger partial charge in [0, 0.05) is 0 Å². The van der Waals surface area contributed by atoms with Crippen LogP contribution < -0.4 is 5.32 Å². The molecular weight excluding hydrogens is 258 g/mol. The molecule has 96 valence electrons. The first-order chi connectivity index (χ1) is 8.47. The van der Waals surface area contributed by atoms with Crippen molar-refractivity contribution in [2.75, 3.05) is 11.9 Å². The maximum atomic E-state index is 11.4. The molecule has 0 spiro atoms. The van der Waals surface area contributed by atoms with Crippen LogP contribution >= 0.6 is 11.6 Å². The van der Waals surface area contributed by atoms with Crippen molar-refractivity contribution < 1.29 is 19.4 Å². The lowest BCUT2D eigenvalue weighted by atomic mass is 10.1. The SMILES string of the molecule is C=CCOC(=O)Nc1c(C(=O)O)ccc(C)c1Cl. The van der Waals surface area contributed by atoms with Crippen molar-refractivity contribution in [3.63, 3.8) is 0 Å². The normalized spacial score (nSPS) is 9.67. The maximum absolute atomic E-state index is 11.4. The molecule has 0 fully saturated rings. The average molecular weight is 270 g/mol. The quantitative estimate of drug-likeness (QED) is 0.824. The van der Waals surface area contributed by atoms with Crippen molar-refractivity contribution in [2.45, 2.75) is 6.92 Å². The van der Waals surface area contributed by atoms with Gasteiger partial charge in [-0.3, -0.25) is 5.32 Å². The van der Waals surface area contributed by atoms with Gasteiger partial charge in [-0.15, -0.1) is 0 Å². The Kier molecular flexibility index (Phi) is 4.74. The third kappa shape index (κ3) is 3.24. The zero-order chi connectivity index (χ0) is 13.7. The monoisotopic (exact) mass is 269 g/mol. The molecular formula is C12H12ClNO4. The third-order valence-electron chi connectivity index (χ3n) is 2.12. The molecule has 5 nitrogen and oxygen atoms in total. The minimum atomic E-state index is -1.18. The Balaban J connectivity index is 3.05. The fraction of sp³-hybridized carbons (Fsp3) is 0.167. The fourth-order valence-corrected chi connectivity index (χ4v) is 1.47. The van der Waals surface area contributed by atoms with E-state index in [0.717, 1.165) is 0 Å². The second kappa shape index (κ2) is 6.07. The van der Waals surface area contributed by atoms with Crippen LogP contribution in [-0.2, 0) is 4.74 Å². The van der Waals surface area contributed by atoms with Gasteiger partial charge in [0.15, 0.2) is 0 Å². The van der Waals surface area contributed by atoms with Crippen LogP contribution in [-0.4, -0.2) is 23.8 Å². The minimum absolute atomic E-state index is 0.0255.